The first-order valence-corrected chi connectivity index (χ1v) is 7.62. The SMILES string of the molecule is C=C/C(C(=O)Nc1ccc(CC)cc1)=C(O)\C=C/C.CCC. The maximum Gasteiger partial charge on any atom is 0.259 e. The molecule has 0 bridgehead atoms. The number of nitrogens with one attached hydrogen (secondary N) is 1. The van der Waals surface area contributed by atoms with Gasteiger partial charge in [-0.2, -0.15) is 0 Å². The topological polar surface area (TPSA) is 49.3 Å². The first-order chi connectivity index (χ1) is 10.5. The standard InChI is InChI=1S/C16H19NO2.C3H8/c1-4-7-15(18)14(6-3)16(19)17-13-10-8-12(5-2)9-11-13;1-3-2/h4,6-11,18H,3,5H2,1-2H3,(H,17,19);3H2,1-2H3/b7-4-,15-14-;. The van der Waals surface area contributed by atoms with Gasteiger partial charge in [0.1, 0.15) is 5.76 Å². The van der Waals surface area contributed by atoms with Gasteiger partial charge in [0, 0.05) is 5.69 Å². The van der Waals surface area contributed by atoms with E-state index in [1.807, 2.05) is 24.3 Å². The number of rotatable bonds is 5. The van der Waals surface area contributed by atoms with E-state index in [9.17, 15) is 9.90 Å². The third-order valence-corrected chi connectivity index (χ3v) is 2.67. The molecule has 120 valence electrons. The Morgan fingerprint density at radius 3 is 2.18 bits per heavy atom. The van der Waals surface area contributed by atoms with Crippen LogP contribution in [0.4, 0.5) is 5.69 Å². The summed E-state index contributed by atoms with van der Waals surface area (Å²) in [5.74, 6) is -0.477. The lowest BCUT2D eigenvalue weighted by Gasteiger charge is -2.07. The normalized spacial score (nSPS) is 11.3. The number of hydrogen-bond acceptors (Lipinski definition) is 2. The highest BCUT2D eigenvalue weighted by molar-refractivity contribution is 6.06. The van der Waals surface area contributed by atoms with Crippen LogP contribution < -0.4 is 5.32 Å². The second-order valence-corrected chi connectivity index (χ2v) is 4.71. The molecule has 0 saturated heterocycles. The fourth-order valence-corrected chi connectivity index (χ4v) is 1.58. The zero-order valence-electron chi connectivity index (χ0n) is 14.0. The molecular weight excluding hydrogens is 274 g/mol. The predicted octanol–water partition coefficient (Wildman–Crippen LogP) is 5.18. The van der Waals surface area contributed by atoms with Gasteiger partial charge in [0.2, 0.25) is 0 Å². The van der Waals surface area contributed by atoms with Crippen molar-refractivity contribution in [1.82, 2.24) is 0 Å². The van der Waals surface area contributed by atoms with Crippen LogP contribution in [0.5, 0.6) is 0 Å². The quantitative estimate of drug-likeness (QED) is 0.447. The van der Waals surface area contributed by atoms with E-state index in [1.165, 1.54) is 24.1 Å². The molecule has 0 atom stereocenters. The zero-order valence-corrected chi connectivity index (χ0v) is 14.0. The Hall–Kier alpha value is -2.29. The van der Waals surface area contributed by atoms with E-state index < -0.39 is 0 Å². The summed E-state index contributed by atoms with van der Waals surface area (Å²) in [4.78, 5) is 12.0. The summed E-state index contributed by atoms with van der Waals surface area (Å²) in [5.41, 5.74) is 2.04. The largest absolute Gasteiger partial charge is 0.507 e. The predicted molar refractivity (Wildman–Crippen MR) is 95.1 cm³/mol. The molecule has 2 N–H and O–H groups in total. The van der Waals surface area contributed by atoms with Crippen molar-refractivity contribution in [2.24, 2.45) is 0 Å². The fourth-order valence-electron chi connectivity index (χ4n) is 1.58. The number of aliphatic hydroxyl groups is 1. The van der Waals surface area contributed by atoms with Crippen LogP contribution in [0.25, 0.3) is 0 Å². The van der Waals surface area contributed by atoms with Crippen LogP contribution >= 0.6 is 0 Å². The Kier molecular flexibility index (Phi) is 10.2. The summed E-state index contributed by atoms with van der Waals surface area (Å²) in [7, 11) is 0. The average molecular weight is 301 g/mol. The summed E-state index contributed by atoms with van der Waals surface area (Å²) < 4.78 is 0. The number of benzene rings is 1. The van der Waals surface area contributed by atoms with Crippen molar-refractivity contribution in [2.75, 3.05) is 5.32 Å². The van der Waals surface area contributed by atoms with Gasteiger partial charge in [0.05, 0.1) is 5.57 Å². The van der Waals surface area contributed by atoms with E-state index in [0.717, 1.165) is 6.42 Å². The highest BCUT2D eigenvalue weighted by Gasteiger charge is 2.10. The van der Waals surface area contributed by atoms with Gasteiger partial charge in [-0.1, -0.05) is 58.1 Å². The molecule has 0 heterocycles. The number of aryl methyl sites for hydroxylation is 1. The van der Waals surface area contributed by atoms with Crippen LogP contribution in [-0.4, -0.2) is 11.0 Å². The summed E-state index contributed by atoms with van der Waals surface area (Å²) in [6.45, 7) is 11.6. The minimum absolute atomic E-state index is 0.0971. The van der Waals surface area contributed by atoms with Gasteiger partial charge in [-0.3, -0.25) is 4.79 Å². The number of aliphatic hydroxyl groups excluding tert-OH is 1. The van der Waals surface area contributed by atoms with Crippen molar-refractivity contribution in [3.8, 4) is 0 Å². The summed E-state index contributed by atoms with van der Waals surface area (Å²) in [5, 5.41) is 12.4. The van der Waals surface area contributed by atoms with Crippen LogP contribution in [0.1, 0.15) is 39.7 Å². The van der Waals surface area contributed by atoms with Gasteiger partial charge in [-0.05, 0) is 37.1 Å². The Labute approximate surface area is 134 Å². The molecule has 1 rings (SSSR count). The first kappa shape index (κ1) is 19.7. The minimum atomic E-state index is -0.380. The van der Waals surface area contributed by atoms with Crippen LogP contribution in [0.2, 0.25) is 0 Å². The van der Waals surface area contributed by atoms with Crippen LogP contribution in [0.15, 0.2) is 60.4 Å². The number of amides is 1. The minimum Gasteiger partial charge on any atom is -0.507 e. The second kappa shape index (κ2) is 11.4. The lowest BCUT2D eigenvalue weighted by molar-refractivity contribution is -0.112. The molecule has 0 aliphatic rings. The van der Waals surface area contributed by atoms with Crippen molar-refractivity contribution in [3.63, 3.8) is 0 Å². The number of allylic oxidation sites excluding steroid dienone is 2. The highest BCUT2D eigenvalue weighted by atomic mass is 16.3. The zero-order chi connectivity index (χ0) is 17.0. The molecule has 0 aromatic heterocycles. The number of hydrogen-bond donors (Lipinski definition) is 2. The van der Waals surface area contributed by atoms with Gasteiger partial charge in [-0.15, -0.1) is 0 Å². The molecule has 0 spiro atoms. The van der Waals surface area contributed by atoms with Crippen molar-refractivity contribution < 1.29 is 9.90 Å². The molecule has 1 aromatic carbocycles. The maximum absolute atomic E-state index is 12.0. The van der Waals surface area contributed by atoms with Gasteiger partial charge >= 0.3 is 0 Å². The molecule has 1 amide bonds. The summed E-state index contributed by atoms with van der Waals surface area (Å²) in [6, 6.07) is 7.59. The molecule has 1 aromatic rings. The van der Waals surface area contributed by atoms with Crippen molar-refractivity contribution in [1.29, 1.82) is 0 Å². The Morgan fingerprint density at radius 1 is 1.23 bits per heavy atom. The third kappa shape index (κ3) is 6.93. The smallest absolute Gasteiger partial charge is 0.259 e. The van der Waals surface area contributed by atoms with Crippen molar-refractivity contribution in [2.45, 2.75) is 40.5 Å². The summed E-state index contributed by atoms with van der Waals surface area (Å²) >= 11 is 0. The molecule has 0 aliphatic heterocycles. The highest BCUT2D eigenvalue weighted by Crippen LogP contribution is 2.13. The van der Waals surface area contributed by atoms with E-state index in [1.54, 1.807) is 13.0 Å². The maximum atomic E-state index is 12.0. The Balaban J connectivity index is 0.00000135. The van der Waals surface area contributed by atoms with E-state index >= 15 is 0 Å². The lowest BCUT2D eigenvalue weighted by Crippen LogP contribution is -2.14. The Morgan fingerprint density at radius 2 is 1.77 bits per heavy atom. The molecule has 22 heavy (non-hydrogen) atoms. The van der Waals surface area contributed by atoms with Gasteiger partial charge in [-0.25, -0.2) is 0 Å². The van der Waals surface area contributed by atoms with E-state index in [4.69, 9.17) is 0 Å². The molecular formula is C19H27NO2. The molecule has 0 radical (unpaired) electrons. The third-order valence-electron chi connectivity index (χ3n) is 2.67. The molecule has 0 fully saturated rings. The number of carbonyl (C=O) groups is 1. The summed E-state index contributed by atoms with van der Waals surface area (Å²) in [6.07, 6.45) is 6.65. The van der Waals surface area contributed by atoms with Crippen LogP contribution in [-0.2, 0) is 11.2 Å². The molecule has 0 aliphatic carbocycles. The first-order valence-electron chi connectivity index (χ1n) is 7.62. The number of carbonyl (C=O) groups excluding carboxylic acids is 1. The average Bonchev–Trinajstić information content (AvgIpc) is 2.50. The van der Waals surface area contributed by atoms with Gasteiger partial charge < -0.3 is 10.4 Å². The van der Waals surface area contributed by atoms with Crippen LogP contribution in [0.3, 0.4) is 0 Å². The number of anilines is 1. The molecule has 3 heteroatoms. The monoisotopic (exact) mass is 301 g/mol. The van der Waals surface area contributed by atoms with E-state index in [0.29, 0.717) is 5.69 Å². The van der Waals surface area contributed by atoms with E-state index in [2.05, 4.69) is 32.7 Å². The molecule has 0 saturated carbocycles. The van der Waals surface area contributed by atoms with Crippen LogP contribution in [0, 0.1) is 0 Å². The van der Waals surface area contributed by atoms with Gasteiger partial charge in [0.25, 0.3) is 5.91 Å². The molecule has 0 unspecified atom stereocenters. The van der Waals surface area contributed by atoms with Crippen molar-refractivity contribution in [3.05, 3.63) is 66.0 Å². The molecule has 3 nitrogen and oxygen atoms in total. The van der Waals surface area contributed by atoms with E-state index in [-0.39, 0.29) is 17.2 Å². The van der Waals surface area contributed by atoms with Crippen molar-refractivity contribution >= 4 is 11.6 Å². The fraction of sp³-hybridized carbons (Fsp3) is 0.316. The van der Waals surface area contributed by atoms with Gasteiger partial charge in [0.15, 0.2) is 0 Å². The Bertz CT molecular complexity index is 525. The lowest BCUT2D eigenvalue weighted by atomic mass is 10.1. The second-order valence-electron chi connectivity index (χ2n) is 4.71.